The molecule has 2 heteroatoms. The summed E-state index contributed by atoms with van der Waals surface area (Å²) in [6.07, 6.45) is 6.32. The summed E-state index contributed by atoms with van der Waals surface area (Å²) in [6.45, 7) is 1.53. The lowest BCUT2D eigenvalue weighted by atomic mass is 10.0. The topological polar surface area (TPSA) is 21.8 Å². The SMILES string of the molecule is c1ccc(CCCCCc2ccccc2OCC2CO2)cc1. The van der Waals surface area contributed by atoms with Crippen LogP contribution in [0.1, 0.15) is 30.4 Å². The largest absolute Gasteiger partial charge is 0.491 e. The zero-order valence-electron chi connectivity index (χ0n) is 13.0. The minimum atomic E-state index is 0.318. The molecule has 0 aliphatic carbocycles. The van der Waals surface area contributed by atoms with Crippen molar-refractivity contribution in [2.24, 2.45) is 0 Å². The monoisotopic (exact) mass is 296 g/mol. The van der Waals surface area contributed by atoms with Gasteiger partial charge in [0.1, 0.15) is 18.5 Å². The van der Waals surface area contributed by atoms with Gasteiger partial charge in [0.05, 0.1) is 6.61 Å². The van der Waals surface area contributed by atoms with Crippen molar-refractivity contribution in [3.05, 3.63) is 65.7 Å². The Bertz CT molecular complexity index is 561. The fraction of sp³-hybridized carbons (Fsp3) is 0.400. The van der Waals surface area contributed by atoms with Crippen LogP contribution in [-0.2, 0) is 17.6 Å². The molecule has 0 bridgehead atoms. The van der Waals surface area contributed by atoms with Crippen LogP contribution in [0.5, 0.6) is 5.75 Å². The molecule has 1 saturated heterocycles. The molecular weight excluding hydrogens is 272 g/mol. The number of aryl methyl sites for hydroxylation is 2. The maximum Gasteiger partial charge on any atom is 0.122 e. The van der Waals surface area contributed by atoms with Crippen LogP contribution in [-0.4, -0.2) is 19.3 Å². The Morgan fingerprint density at radius 1 is 0.864 bits per heavy atom. The van der Waals surface area contributed by atoms with Crippen LogP contribution in [0, 0.1) is 0 Å². The summed E-state index contributed by atoms with van der Waals surface area (Å²) in [5.41, 5.74) is 2.76. The number of unbranched alkanes of at least 4 members (excludes halogenated alkanes) is 2. The van der Waals surface area contributed by atoms with E-state index in [0.717, 1.165) is 18.8 Å². The summed E-state index contributed by atoms with van der Waals surface area (Å²) in [4.78, 5) is 0. The van der Waals surface area contributed by atoms with Gasteiger partial charge < -0.3 is 9.47 Å². The van der Waals surface area contributed by atoms with Crippen molar-refractivity contribution in [3.63, 3.8) is 0 Å². The Hall–Kier alpha value is -1.80. The molecule has 3 rings (SSSR count). The zero-order valence-corrected chi connectivity index (χ0v) is 13.0. The number of para-hydroxylation sites is 1. The predicted octanol–water partition coefficient (Wildman–Crippen LogP) is 4.42. The Morgan fingerprint density at radius 2 is 1.59 bits per heavy atom. The highest BCUT2D eigenvalue weighted by molar-refractivity contribution is 5.33. The van der Waals surface area contributed by atoms with Crippen LogP contribution in [0.3, 0.4) is 0 Å². The van der Waals surface area contributed by atoms with E-state index in [-0.39, 0.29) is 0 Å². The number of benzene rings is 2. The average Bonchev–Trinajstić information content (AvgIpc) is 3.39. The Kier molecular flexibility index (Phi) is 5.49. The van der Waals surface area contributed by atoms with Crippen molar-refractivity contribution in [2.45, 2.75) is 38.2 Å². The van der Waals surface area contributed by atoms with Gasteiger partial charge in [-0.15, -0.1) is 0 Å². The van der Waals surface area contributed by atoms with Gasteiger partial charge in [0, 0.05) is 0 Å². The minimum absolute atomic E-state index is 0.318. The van der Waals surface area contributed by atoms with Gasteiger partial charge in [-0.05, 0) is 42.9 Å². The van der Waals surface area contributed by atoms with Crippen molar-refractivity contribution < 1.29 is 9.47 Å². The molecule has 116 valence electrons. The van der Waals surface area contributed by atoms with Crippen molar-refractivity contribution in [2.75, 3.05) is 13.2 Å². The van der Waals surface area contributed by atoms with Gasteiger partial charge in [0.2, 0.25) is 0 Å². The third kappa shape index (κ3) is 4.88. The molecule has 0 aromatic heterocycles. The molecule has 1 heterocycles. The molecule has 2 aromatic carbocycles. The first-order chi connectivity index (χ1) is 10.9. The molecular formula is C20H24O2. The summed E-state index contributed by atoms with van der Waals surface area (Å²) in [5.74, 6) is 1.03. The summed E-state index contributed by atoms with van der Waals surface area (Å²) < 4.78 is 11.1. The molecule has 1 aliphatic heterocycles. The summed E-state index contributed by atoms with van der Waals surface area (Å²) >= 11 is 0. The second-order valence-corrected chi connectivity index (χ2v) is 5.92. The van der Waals surface area contributed by atoms with Gasteiger partial charge in [0.15, 0.2) is 0 Å². The van der Waals surface area contributed by atoms with Crippen LogP contribution in [0.25, 0.3) is 0 Å². The fourth-order valence-electron chi connectivity index (χ4n) is 2.66. The molecule has 1 aliphatic rings. The first-order valence-electron chi connectivity index (χ1n) is 8.28. The van der Waals surface area contributed by atoms with Gasteiger partial charge >= 0.3 is 0 Å². The molecule has 0 saturated carbocycles. The first-order valence-corrected chi connectivity index (χ1v) is 8.28. The predicted molar refractivity (Wildman–Crippen MR) is 89.4 cm³/mol. The summed E-state index contributed by atoms with van der Waals surface area (Å²) in [7, 11) is 0. The van der Waals surface area contributed by atoms with E-state index >= 15 is 0 Å². The summed E-state index contributed by atoms with van der Waals surface area (Å²) in [6, 6.07) is 19.1. The highest BCUT2D eigenvalue weighted by Crippen LogP contribution is 2.22. The lowest BCUT2D eigenvalue weighted by molar-refractivity contribution is 0.261. The maximum absolute atomic E-state index is 5.86. The second kappa shape index (κ2) is 8.00. The van der Waals surface area contributed by atoms with Crippen LogP contribution in [0.2, 0.25) is 0 Å². The van der Waals surface area contributed by atoms with E-state index in [9.17, 15) is 0 Å². The molecule has 1 atom stereocenters. The Balaban J connectivity index is 1.39. The van der Waals surface area contributed by atoms with Gasteiger partial charge in [-0.1, -0.05) is 55.0 Å². The molecule has 0 radical (unpaired) electrons. The van der Waals surface area contributed by atoms with Gasteiger partial charge in [-0.25, -0.2) is 0 Å². The molecule has 2 aromatic rings. The van der Waals surface area contributed by atoms with Crippen LogP contribution < -0.4 is 4.74 Å². The van der Waals surface area contributed by atoms with E-state index in [4.69, 9.17) is 9.47 Å². The first kappa shape index (κ1) is 15.1. The number of hydrogen-bond donors (Lipinski definition) is 0. The van der Waals surface area contributed by atoms with E-state index in [1.807, 2.05) is 6.07 Å². The highest BCUT2D eigenvalue weighted by Gasteiger charge is 2.23. The Morgan fingerprint density at radius 3 is 2.41 bits per heavy atom. The van der Waals surface area contributed by atoms with Gasteiger partial charge in [-0.2, -0.15) is 0 Å². The molecule has 0 amide bonds. The highest BCUT2D eigenvalue weighted by atomic mass is 16.6. The molecule has 1 unspecified atom stereocenters. The van der Waals surface area contributed by atoms with E-state index in [0.29, 0.717) is 12.7 Å². The van der Waals surface area contributed by atoms with Crippen molar-refractivity contribution in [3.8, 4) is 5.75 Å². The lowest BCUT2D eigenvalue weighted by Gasteiger charge is -2.10. The standard InChI is InChI=1S/C20H24O2/c1-3-9-17(10-4-1)11-5-2-6-12-18-13-7-8-14-20(18)22-16-19-15-21-19/h1,3-4,7-10,13-14,19H,2,5-6,11-12,15-16H2. The van der Waals surface area contributed by atoms with Gasteiger partial charge in [0.25, 0.3) is 0 Å². The smallest absolute Gasteiger partial charge is 0.122 e. The number of rotatable bonds is 9. The van der Waals surface area contributed by atoms with Crippen molar-refractivity contribution in [1.29, 1.82) is 0 Å². The number of epoxide rings is 1. The molecule has 0 N–H and O–H groups in total. The third-order valence-corrected chi connectivity index (χ3v) is 4.05. The third-order valence-electron chi connectivity index (χ3n) is 4.05. The van der Waals surface area contributed by atoms with Crippen LogP contribution in [0.15, 0.2) is 54.6 Å². The molecule has 1 fully saturated rings. The molecule has 22 heavy (non-hydrogen) atoms. The van der Waals surface area contributed by atoms with Gasteiger partial charge in [-0.3, -0.25) is 0 Å². The number of ether oxygens (including phenoxy) is 2. The van der Waals surface area contributed by atoms with E-state index in [1.54, 1.807) is 0 Å². The maximum atomic E-state index is 5.86. The van der Waals surface area contributed by atoms with E-state index in [2.05, 4.69) is 48.5 Å². The second-order valence-electron chi connectivity index (χ2n) is 5.92. The molecule has 0 spiro atoms. The zero-order chi connectivity index (χ0) is 15.0. The lowest BCUT2D eigenvalue weighted by Crippen LogP contribution is -2.05. The van der Waals surface area contributed by atoms with Crippen molar-refractivity contribution >= 4 is 0 Å². The van der Waals surface area contributed by atoms with Crippen LogP contribution >= 0.6 is 0 Å². The normalized spacial score (nSPS) is 16.5. The summed E-state index contributed by atoms with van der Waals surface area (Å²) in [5, 5.41) is 0. The van der Waals surface area contributed by atoms with E-state index < -0.39 is 0 Å². The average molecular weight is 296 g/mol. The fourth-order valence-corrected chi connectivity index (χ4v) is 2.66. The quantitative estimate of drug-likeness (QED) is 0.505. The number of hydrogen-bond acceptors (Lipinski definition) is 2. The molecule has 2 nitrogen and oxygen atoms in total. The van der Waals surface area contributed by atoms with Crippen molar-refractivity contribution in [1.82, 2.24) is 0 Å². The van der Waals surface area contributed by atoms with Crippen LogP contribution in [0.4, 0.5) is 0 Å². The minimum Gasteiger partial charge on any atom is -0.491 e. The van der Waals surface area contributed by atoms with E-state index in [1.165, 1.54) is 36.8 Å². The Labute approximate surface area is 133 Å².